The number of anilines is 1. The van der Waals surface area contributed by atoms with Gasteiger partial charge in [0.1, 0.15) is 5.82 Å². The number of benzene rings is 1. The van der Waals surface area contributed by atoms with Crippen molar-refractivity contribution in [1.29, 1.82) is 0 Å². The van der Waals surface area contributed by atoms with E-state index in [1.807, 2.05) is 0 Å². The Morgan fingerprint density at radius 3 is 2.44 bits per heavy atom. The fourth-order valence-electron chi connectivity index (χ4n) is 1.68. The molecule has 0 unspecified atom stereocenters. The number of sulfonamides is 1. The van der Waals surface area contributed by atoms with Gasteiger partial charge < -0.3 is 5.73 Å². The minimum absolute atomic E-state index is 0.0892. The molecule has 0 saturated carbocycles. The minimum Gasteiger partial charge on any atom is -0.396 e. The van der Waals surface area contributed by atoms with E-state index in [0.29, 0.717) is 11.5 Å². The van der Waals surface area contributed by atoms with Crippen LogP contribution in [0.1, 0.15) is 0 Å². The SMILES string of the molecule is Nc1ccc(S(=O)(=O)N2CCS(=O)CC2)cc1F. The average Bonchev–Trinajstić information content (AvgIpc) is 2.33. The number of hydrogen-bond acceptors (Lipinski definition) is 4. The first-order valence-electron chi connectivity index (χ1n) is 5.31. The Hall–Kier alpha value is -0.990. The highest BCUT2D eigenvalue weighted by molar-refractivity contribution is 7.89. The van der Waals surface area contributed by atoms with Gasteiger partial charge >= 0.3 is 0 Å². The Kier molecular flexibility index (Phi) is 3.69. The van der Waals surface area contributed by atoms with E-state index >= 15 is 0 Å². The maximum atomic E-state index is 13.3. The zero-order chi connectivity index (χ0) is 13.3. The molecular formula is C10H13FN2O3S2. The van der Waals surface area contributed by atoms with E-state index in [1.165, 1.54) is 16.4 Å². The highest BCUT2D eigenvalue weighted by Gasteiger charge is 2.28. The highest BCUT2D eigenvalue weighted by Crippen LogP contribution is 2.21. The number of rotatable bonds is 2. The Balaban J connectivity index is 2.30. The van der Waals surface area contributed by atoms with Crippen LogP contribution < -0.4 is 5.73 Å². The van der Waals surface area contributed by atoms with E-state index in [0.717, 1.165) is 6.07 Å². The molecule has 1 fully saturated rings. The Morgan fingerprint density at radius 1 is 1.28 bits per heavy atom. The molecule has 0 radical (unpaired) electrons. The van der Waals surface area contributed by atoms with Gasteiger partial charge in [-0.3, -0.25) is 4.21 Å². The normalized spacial score (nSPS) is 18.9. The third kappa shape index (κ3) is 2.55. The fraction of sp³-hybridized carbons (Fsp3) is 0.400. The van der Waals surface area contributed by atoms with E-state index in [2.05, 4.69) is 0 Å². The summed E-state index contributed by atoms with van der Waals surface area (Å²) < 4.78 is 50.0. The molecule has 1 aliphatic heterocycles. The Morgan fingerprint density at radius 2 is 1.89 bits per heavy atom. The van der Waals surface area contributed by atoms with Crippen LogP contribution in [0.15, 0.2) is 23.1 Å². The molecule has 0 bridgehead atoms. The van der Waals surface area contributed by atoms with Crippen molar-refractivity contribution >= 4 is 26.5 Å². The molecule has 0 aliphatic carbocycles. The maximum absolute atomic E-state index is 13.3. The molecule has 0 amide bonds. The number of nitrogens with two attached hydrogens (primary N) is 1. The molecule has 5 nitrogen and oxygen atoms in total. The Bertz CT molecular complexity index is 579. The van der Waals surface area contributed by atoms with Gasteiger partial charge in [-0.05, 0) is 18.2 Å². The molecule has 0 aromatic heterocycles. The minimum atomic E-state index is -3.72. The highest BCUT2D eigenvalue weighted by atomic mass is 32.2. The summed E-state index contributed by atoms with van der Waals surface area (Å²) in [6.07, 6.45) is 0. The van der Waals surface area contributed by atoms with Crippen molar-refractivity contribution < 1.29 is 17.0 Å². The number of halogens is 1. The zero-order valence-electron chi connectivity index (χ0n) is 9.50. The van der Waals surface area contributed by atoms with E-state index in [9.17, 15) is 17.0 Å². The molecular weight excluding hydrogens is 279 g/mol. The summed E-state index contributed by atoms with van der Waals surface area (Å²) in [5.74, 6) is -0.121. The smallest absolute Gasteiger partial charge is 0.243 e. The van der Waals surface area contributed by atoms with Gasteiger partial charge in [-0.1, -0.05) is 0 Å². The van der Waals surface area contributed by atoms with Crippen LogP contribution in [0.4, 0.5) is 10.1 Å². The summed E-state index contributed by atoms with van der Waals surface area (Å²) in [5, 5.41) is 0. The predicted molar refractivity (Wildman–Crippen MR) is 67.4 cm³/mol. The Labute approximate surface area is 107 Å². The molecule has 8 heteroatoms. The largest absolute Gasteiger partial charge is 0.396 e. The predicted octanol–water partition coefficient (Wildman–Crippen LogP) is 0.161. The van der Waals surface area contributed by atoms with Gasteiger partial charge in [0, 0.05) is 35.4 Å². The van der Waals surface area contributed by atoms with Crippen LogP contribution >= 0.6 is 0 Å². The lowest BCUT2D eigenvalue weighted by Gasteiger charge is -2.25. The summed E-state index contributed by atoms with van der Waals surface area (Å²) in [4.78, 5) is -0.123. The van der Waals surface area contributed by atoms with E-state index < -0.39 is 26.6 Å². The van der Waals surface area contributed by atoms with Gasteiger partial charge in [-0.2, -0.15) is 4.31 Å². The molecule has 1 aromatic carbocycles. The van der Waals surface area contributed by atoms with E-state index in [-0.39, 0.29) is 23.7 Å². The molecule has 1 aromatic rings. The van der Waals surface area contributed by atoms with Gasteiger partial charge in [-0.15, -0.1) is 0 Å². The van der Waals surface area contributed by atoms with Crippen molar-refractivity contribution in [2.24, 2.45) is 0 Å². The molecule has 2 rings (SSSR count). The lowest BCUT2D eigenvalue weighted by atomic mass is 10.3. The lowest BCUT2D eigenvalue weighted by molar-refractivity contribution is 0.438. The van der Waals surface area contributed by atoms with Crippen LogP contribution in [0.3, 0.4) is 0 Å². The molecule has 2 N–H and O–H groups in total. The van der Waals surface area contributed by atoms with Gasteiger partial charge in [0.15, 0.2) is 0 Å². The summed E-state index contributed by atoms with van der Waals surface area (Å²) in [7, 11) is -4.68. The molecule has 1 aliphatic rings. The van der Waals surface area contributed by atoms with Gasteiger partial charge in [0.25, 0.3) is 0 Å². The maximum Gasteiger partial charge on any atom is 0.243 e. The molecule has 0 spiro atoms. The second kappa shape index (κ2) is 4.94. The molecule has 1 heterocycles. The van der Waals surface area contributed by atoms with Crippen molar-refractivity contribution in [2.75, 3.05) is 30.3 Å². The fourth-order valence-corrected chi connectivity index (χ4v) is 4.42. The van der Waals surface area contributed by atoms with Gasteiger partial charge in [0.2, 0.25) is 10.0 Å². The standard InChI is InChI=1S/C10H13FN2O3S2/c11-9-7-8(1-2-10(9)12)18(15,16)13-3-5-17(14)6-4-13/h1-2,7H,3-6,12H2. The van der Waals surface area contributed by atoms with Crippen molar-refractivity contribution in [1.82, 2.24) is 4.31 Å². The summed E-state index contributed by atoms with van der Waals surface area (Å²) in [6.45, 7) is 0.391. The van der Waals surface area contributed by atoms with Gasteiger partial charge in [-0.25, -0.2) is 12.8 Å². The van der Waals surface area contributed by atoms with Crippen molar-refractivity contribution in [3.05, 3.63) is 24.0 Å². The van der Waals surface area contributed by atoms with Crippen molar-refractivity contribution in [3.63, 3.8) is 0 Å². The molecule has 0 atom stereocenters. The lowest BCUT2D eigenvalue weighted by Crippen LogP contribution is -2.41. The number of hydrogen-bond donors (Lipinski definition) is 1. The third-order valence-corrected chi connectivity index (χ3v) is 5.92. The van der Waals surface area contributed by atoms with E-state index in [4.69, 9.17) is 5.73 Å². The summed E-state index contributed by atoms with van der Waals surface area (Å²) in [6, 6.07) is 3.42. The third-order valence-electron chi connectivity index (χ3n) is 2.75. The summed E-state index contributed by atoms with van der Waals surface area (Å²) >= 11 is 0. The molecule has 1 saturated heterocycles. The number of nitrogens with zero attached hydrogens (tertiary/aromatic N) is 1. The van der Waals surface area contributed by atoms with Crippen LogP contribution in [0.5, 0.6) is 0 Å². The monoisotopic (exact) mass is 292 g/mol. The first-order valence-corrected chi connectivity index (χ1v) is 8.24. The van der Waals surface area contributed by atoms with Crippen molar-refractivity contribution in [2.45, 2.75) is 4.90 Å². The number of nitrogen functional groups attached to an aromatic ring is 1. The van der Waals surface area contributed by atoms with Crippen molar-refractivity contribution in [3.8, 4) is 0 Å². The molecule has 18 heavy (non-hydrogen) atoms. The second-order valence-electron chi connectivity index (χ2n) is 3.94. The first kappa shape index (κ1) is 13.4. The topological polar surface area (TPSA) is 80.5 Å². The van der Waals surface area contributed by atoms with Crippen LogP contribution in [0.2, 0.25) is 0 Å². The second-order valence-corrected chi connectivity index (χ2v) is 7.57. The van der Waals surface area contributed by atoms with Gasteiger partial charge in [0.05, 0.1) is 10.6 Å². The molecule has 100 valence electrons. The van der Waals surface area contributed by atoms with E-state index in [1.54, 1.807) is 0 Å². The average molecular weight is 292 g/mol. The zero-order valence-corrected chi connectivity index (χ0v) is 11.1. The van der Waals surface area contributed by atoms with Crippen LogP contribution in [0, 0.1) is 5.82 Å². The quantitative estimate of drug-likeness (QED) is 0.787. The summed E-state index contributed by atoms with van der Waals surface area (Å²) in [5.41, 5.74) is 5.22. The van der Waals surface area contributed by atoms with Crippen LogP contribution in [-0.4, -0.2) is 41.5 Å². The first-order chi connectivity index (χ1) is 8.41. The van der Waals surface area contributed by atoms with Crippen LogP contribution in [-0.2, 0) is 20.8 Å². The van der Waals surface area contributed by atoms with Crippen LogP contribution in [0.25, 0.3) is 0 Å².